The smallest absolute Gasteiger partial charge is 0.164 e. The zero-order valence-electron chi connectivity index (χ0n) is 11.0. The lowest BCUT2D eigenvalue weighted by atomic mass is 10.2. The minimum atomic E-state index is -2.98. The van der Waals surface area contributed by atoms with E-state index in [1.807, 2.05) is 0 Å². The van der Waals surface area contributed by atoms with Crippen molar-refractivity contribution in [2.75, 3.05) is 37.4 Å². The van der Waals surface area contributed by atoms with Gasteiger partial charge >= 0.3 is 0 Å². The third kappa shape index (κ3) is 4.43. The summed E-state index contributed by atoms with van der Waals surface area (Å²) in [5, 5.41) is 3.02. The molecule has 6 heteroatoms. The van der Waals surface area contributed by atoms with Crippen molar-refractivity contribution in [3.8, 4) is 0 Å². The fourth-order valence-electron chi connectivity index (χ4n) is 2.19. The van der Waals surface area contributed by atoms with Crippen molar-refractivity contribution in [2.24, 2.45) is 0 Å². The Morgan fingerprint density at radius 2 is 2.18 bits per heavy atom. The summed E-state index contributed by atoms with van der Waals surface area (Å²) in [6, 6.07) is 0.329. The summed E-state index contributed by atoms with van der Waals surface area (Å²) in [7, 11) is -2.98. The molecule has 102 valence electrons. The molecule has 1 rings (SSSR count). The minimum absolute atomic E-state index is 0.301. The van der Waals surface area contributed by atoms with Gasteiger partial charge in [-0.15, -0.1) is 0 Å². The normalized spacial score (nSPS) is 24.8. The molecule has 0 radical (unpaired) electrons. The molecule has 0 amide bonds. The van der Waals surface area contributed by atoms with Crippen LogP contribution in [-0.2, 0) is 9.84 Å². The summed E-state index contributed by atoms with van der Waals surface area (Å²) in [5.74, 6) is 1.75. The summed E-state index contributed by atoms with van der Waals surface area (Å²) >= 11 is 1.74. The standard InChI is InChI=1S/C11H24N2O2S2/c1-4-10(8-12-5-2)13-6-7-16-9-11(13)17(3,14)15/h10-12H,4-9H2,1-3H3. The zero-order chi connectivity index (χ0) is 12.9. The van der Waals surface area contributed by atoms with Gasteiger partial charge in [0.05, 0.1) is 0 Å². The highest BCUT2D eigenvalue weighted by molar-refractivity contribution is 8.00. The number of nitrogens with one attached hydrogen (secondary N) is 1. The number of thioether (sulfide) groups is 1. The predicted octanol–water partition coefficient (Wildman–Crippen LogP) is 0.794. The average Bonchev–Trinajstić information content (AvgIpc) is 2.29. The number of hydrogen-bond donors (Lipinski definition) is 1. The van der Waals surface area contributed by atoms with E-state index in [0.717, 1.165) is 31.8 Å². The van der Waals surface area contributed by atoms with Gasteiger partial charge in [-0.2, -0.15) is 11.8 Å². The Bertz CT molecular complexity index is 319. The number of rotatable bonds is 6. The van der Waals surface area contributed by atoms with Crippen molar-refractivity contribution in [1.82, 2.24) is 10.2 Å². The molecule has 0 aromatic heterocycles. The first-order chi connectivity index (χ1) is 8.00. The summed E-state index contributed by atoms with van der Waals surface area (Å²) in [5.41, 5.74) is 0. The van der Waals surface area contributed by atoms with E-state index in [0.29, 0.717) is 11.8 Å². The molecule has 0 aliphatic carbocycles. The van der Waals surface area contributed by atoms with Crippen LogP contribution in [-0.4, -0.2) is 62.1 Å². The highest BCUT2D eigenvalue weighted by Crippen LogP contribution is 2.23. The molecule has 0 spiro atoms. The molecule has 1 heterocycles. The van der Waals surface area contributed by atoms with E-state index in [1.165, 1.54) is 6.26 Å². The minimum Gasteiger partial charge on any atom is -0.315 e. The maximum absolute atomic E-state index is 11.8. The summed E-state index contributed by atoms with van der Waals surface area (Å²) < 4.78 is 23.6. The quantitative estimate of drug-likeness (QED) is 0.780. The molecule has 1 aliphatic rings. The lowest BCUT2D eigenvalue weighted by molar-refractivity contribution is 0.183. The molecular weight excluding hydrogens is 256 g/mol. The lowest BCUT2D eigenvalue weighted by Crippen LogP contribution is -2.54. The van der Waals surface area contributed by atoms with Crippen LogP contribution in [0.2, 0.25) is 0 Å². The predicted molar refractivity (Wildman–Crippen MR) is 75.3 cm³/mol. The third-order valence-corrected chi connectivity index (χ3v) is 5.85. The largest absolute Gasteiger partial charge is 0.315 e. The highest BCUT2D eigenvalue weighted by atomic mass is 32.2. The van der Waals surface area contributed by atoms with Crippen LogP contribution in [0.3, 0.4) is 0 Å². The van der Waals surface area contributed by atoms with Gasteiger partial charge in [0.1, 0.15) is 5.37 Å². The average molecular weight is 280 g/mol. The Morgan fingerprint density at radius 1 is 1.47 bits per heavy atom. The van der Waals surface area contributed by atoms with E-state index < -0.39 is 9.84 Å². The molecule has 1 N–H and O–H groups in total. The van der Waals surface area contributed by atoms with E-state index in [9.17, 15) is 8.42 Å². The molecule has 0 aromatic rings. The molecule has 17 heavy (non-hydrogen) atoms. The highest BCUT2D eigenvalue weighted by Gasteiger charge is 2.34. The van der Waals surface area contributed by atoms with Gasteiger partial charge in [0.2, 0.25) is 0 Å². The molecule has 1 aliphatic heterocycles. The van der Waals surface area contributed by atoms with Gasteiger partial charge in [-0.05, 0) is 13.0 Å². The van der Waals surface area contributed by atoms with Crippen molar-refractivity contribution in [2.45, 2.75) is 31.7 Å². The van der Waals surface area contributed by atoms with E-state index in [-0.39, 0.29) is 5.37 Å². The van der Waals surface area contributed by atoms with Crippen LogP contribution in [0.1, 0.15) is 20.3 Å². The molecule has 0 bridgehead atoms. The maximum Gasteiger partial charge on any atom is 0.164 e. The molecule has 1 fully saturated rings. The number of hydrogen-bond acceptors (Lipinski definition) is 5. The second kappa shape index (κ2) is 6.97. The third-order valence-electron chi connectivity index (χ3n) is 3.19. The van der Waals surface area contributed by atoms with Gasteiger partial charge in [-0.1, -0.05) is 13.8 Å². The van der Waals surface area contributed by atoms with E-state index in [2.05, 4.69) is 24.1 Å². The molecule has 2 unspecified atom stereocenters. The Kier molecular flexibility index (Phi) is 6.26. The number of likely N-dealkylation sites (N-methyl/N-ethyl adjacent to an activating group) is 1. The van der Waals surface area contributed by atoms with Gasteiger partial charge in [-0.3, -0.25) is 4.90 Å². The number of sulfone groups is 1. The lowest BCUT2D eigenvalue weighted by Gasteiger charge is -2.39. The van der Waals surface area contributed by atoms with Crippen LogP contribution in [0.4, 0.5) is 0 Å². The second-order valence-corrected chi connectivity index (χ2v) is 7.82. The van der Waals surface area contributed by atoms with E-state index in [1.54, 1.807) is 11.8 Å². The van der Waals surface area contributed by atoms with Crippen LogP contribution >= 0.6 is 11.8 Å². The van der Waals surface area contributed by atoms with Crippen molar-refractivity contribution in [3.05, 3.63) is 0 Å². The fraction of sp³-hybridized carbons (Fsp3) is 1.00. The van der Waals surface area contributed by atoms with E-state index in [4.69, 9.17) is 0 Å². The van der Waals surface area contributed by atoms with Crippen LogP contribution < -0.4 is 5.32 Å². The summed E-state index contributed by atoms with van der Waals surface area (Å²) in [6.07, 6.45) is 2.35. The topological polar surface area (TPSA) is 49.4 Å². The Hall–Kier alpha value is 0.220. The summed E-state index contributed by atoms with van der Waals surface area (Å²) in [4.78, 5) is 2.18. The first-order valence-electron chi connectivity index (χ1n) is 6.23. The van der Waals surface area contributed by atoms with Crippen LogP contribution in [0.25, 0.3) is 0 Å². The van der Waals surface area contributed by atoms with Crippen molar-refractivity contribution >= 4 is 21.6 Å². The second-order valence-electron chi connectivity index (χ2n) is 4.47. The van der Waals surface area contributed by atoms with Gasteiger partial charge in [0, 0.05) is 36.9 Å². The van der Waals surface area contributed by atoms with Crippen LogP contribution in [0, 0.1) is 0 Å². The first kappa shape index (κ1) is 15.3. The number of nitrogens with zero attached hydrogens (tertiary/aromatic N) is 1. The Labute approximate surface area is 109 Å². The van der Waals surface area contributed by atoms with Crippen LogP contribution in [0.5, 0.6) is 0 Å². The van der Waals surface area contributed by atoms with Gasteiger partial charge in [0.25, 0.3) is 0 Å². The van der Waals surface area contributed by atoms with Crippen molar-refractivity contribution in [1.29, 1.82) is 0 Å². The molecule has 0 saturated carbocycles. The maximum atomic E-state index is 11.8. The SMILES string of the molecule is CCNCC(CC)N1CCSCC1S(C)(=O)=O. The molecule has 2 atom stereocenters. The van der Waals surface area contributed by atoms with E-state index >= 15 is 0 Å². The van der Waals surface area contributed by atoms with Gasteiger partial charge in [-0.25, -0.2) is 8.42 Å². The first-order valence-corrected chi connectivity index (χ1v) is 9.34. The summed E-state index contributed by atoms with van der Waals surface area (Å²) in [6.45, 7) is 6.90. The van der Waals surface area contributed by atoms with Crippen molar-refractivity contribution < 1.29 is 8.42 Å². The Balaban J connectivity index is 2.75. The monoisotopic (exact) mass is 280 g/mol. The molecular formula is C11H24N2O2S2. The molecule has 4 nitrogen and oxygen atoms in total. The molecule has 1 saturated heterocycles. The Morgan fingerprint density at radius 3 is 2.71 bits per heavy atom. The van der Waals surface area contributed by atoms with Gasteiger partial charge in [0.15, 0.2) is 9.84 Å². The van der Waals surface area contributed by atoms with Crippen LogP contribution in [0.15, 0.2) is 0 Å². The van der Waals surface area contributed by atoms with Gasteiger partial charge < -0.3 is 5.32 Å². The van der Waals surface area contributed by atoms with Crippen molar-refractivity contribution in [3.63, 3.8) is 0 Å². The zero-order valence-corrected chi connectivity index (χ0v) is 12.6. The fourth-order valence-corrected chi connectivity index (χ4v) is 5.13. The molecule has 0 aromatic carbocycles.